The number of imidazole rings is 1. The van der Waals surface area contributed by atoms with Gasteiger partial charge >= 0.3 is 0 Å². The molecule has 0 aliphatic heterocycles. The van der Waals surface area contributed by atoms with Crippen molar-refractivity contribution >= 4 is 0 Å². The number of nitrogens with one attached hydrogen (secondary N) is 1. The van der Waals surface area contributed by atoms with Crippen LogP contribution in [0.15, 0.2) is 30.6 Å². The van der Waals surface area contributed by atoms with E-state index in [0.717, 1.165) is 25.1 Å². The minimum absolute atomic E-state index is 1.03. The van der Waals surface area contributed by atoms with Gasteiger partial charge in [-0.15, -0.1) is 0 Å². The van der Waals surface area contributed by atoms with E-state index in [1.807, 2.05) is 12.4 Å². The maximum absolute atomic E-state index is 4.23. The van der Waals surface area contributed by atoms with Crippen LogP contribution in [-0.2, 0) is 12.8 Å². The molecular formula is C14H18N2. The van der Waals surface area contributed by atoms with Crippen LogP contribution in [0.1, 0.15) is 28.9 Å². The smallest absolute Gasteiger partial charge is 0.106 e. The molecule has 0 unspecified atom stereocenters. The summed E-state index contributed by atoms with van der Waals surface area (Å²) < 4.78 is 0. The number of aryl methyl sites for hydroxylation is 4. The Morgan fingerprint density at radius 2 is 2.06 bits per heavy atom. The summed E-state index contributed by atoms with van der Waals surface area (Å²) in [6.45, 7) is 4.33. The molecule has 1 aromatic carbocycles. The lowest BCUT2D eigenvalue weighted by Gasteiger charge is -2.06. The predicted molar refractivity (Wildman–Crippen MR) is 66.5 cm³/mol. The molecule has 16 heavy (non-hydrogen) atoms. The van der Waals surface area contributed by atoms with Crippen LogP contribution >= 0.6 is 0 Å². The predicted octanol–water partition coefficient (Wildman–Crippen LogP) is 3.20. The van der Waals surface area contributed by atoms with Crippen LogP contribution in [0.4, 0.5) is 0 Å². The first-order valence-electron chi connectivity index (χ1n) is 5.80. The van der Waals surface area contributed by atoms with E-state index in [2.05, 4.69) is 42.0 Å². The van der Waals surface area contributed by atoms with Gasteiger partial charge in [0.2, 0.25) is 0 Å². The molecule has 0 aliphatic rings. The zero-order valence-corrected chi connectivity index (χ0v) is 9.96. The number of rotatable bonds is 4. The molecule has 0 aliphatic carbocycles. The topological polar surface area (TPSA) is 28.7 Å². The summed E-state index contributed by atoms with van der Waals surface area (Å²) in [5.74, 6) is 1.09. The summed E-state index contributed by atoms with van der Waals surface area (Å²) in [5, 5.41) is 0. The molecule has 0 spiro atoms. The summed E-state index contributed by atoms with van der Waals surface area (Å²) in [5.41, 5.74) is 4.20. The Kier molecular flexibility index (Phi) is 3.40. The van der Waals surface area contributed by atoms with Crippen LogP contribution in [0.3, 0.4) is 0 Å². The largest absolute Gasteiger partial charge is 0.349 e. The van der Waals surface area contributed by atoms with E-state index in [-0.39, 0.29) is 0 Å². The Bertz CT molecular complexity index is 444. The normalized spacial score (nSPS) is 10.6. The first-order valence-corrected chi connectivity index (χ1v) is 5.80. The van der Waals surface area contributed by atoms with E-state index < -0.39 is 0 Å². The molecule has 0 radical (unpaired) electrons. The monoisotopic (exact) mass is 214 g/mol. The molecular weight excluding hydrogens is 196 g/mol. The zero-order valence-electron chi connectivity index (χ0n) is 9.96. The van der Waals surface area contributed by atoms with Crippen molar-refractivity contribution in [3.8, 4) is 0 Å². The summed E-state index contributed by atoms with van der Waals surface area (Å²) in [4.78, 5) is 7.37. The van der Waals surface area contributed by atoms with E-state index >= 15 is 0 Å². The van der Waals surface area contributed by atoms with Gasteiger partial charge in [-0.3, -0.25) is 0 Å². The zero-order chi connectivity index (χ0) is 11.4. The van der Waals surface area contributed by atoms with E-state index in [1.54, 1.807) is 0 Å². The maximum Gasteiger partial charge on any atom is 0.106 e. The van der Waals surface area contributed by atoms with Gasteiger partial charge in [-0.1, -0.05) is 23.8 Å². The molecule has 2 aromatic rings. The highest BCUT2D eigenvalue weighted by Gasteiger charge is 2.00. The minimum Gasteiger partial charge on any atom is -0.349 e. The number of H-pyrrole nitrogens is 1. The molecule has 0 saturated heterocycles. The molecule has 2 nitrogen and oxygen atoms in total. The van der Waals surface area contributed by atoms with Crippen LogP contribution in [0.2, 0.25) is 0 Å². The van der Waals surface area contributed by atoms with Crippen LogP contribution in [0.25, 0.3) is 0 Å². The van der Waals surface area contributed by atoms with E-state index in [0.29, 0.717) is 0 Å². The van der Waals surface area contributed by atoms with Crippen molar-refractivity contribution < 1.29 is 0 Å². The second-order valence-corrected chi connectivity index (χ2v) is 4.32. The standard InChI is InChI=1S/C14H18N2/c1-11-6-7-12(2)13(10-11)4-3-5-14-15-8-9-16-14/h6-10H,3-5H2,1-2H3,(H,15,16). The van der Waals surface area contributed by atoms with Crippen molar-refractivity contribution in [3.05, 3.63) is 53.1 Å². The van der Waals surface area contributed by atoms with Crippen molar-refractivity contribution in [2.45, 2.75) is 33.1 Å². The van der Waals surface area contributed by atoms with Gasteiger partial charge in [0.15, 0.2) is 0 Å². The number of hydrogen-bond acceptors (Lipinski definition) is 1. The third-order valence-corrected chi connectivity index (χ3v) is 2.92. The van der Waals surface area contributed by atoms with E-state index in [1.165, 1.54) is 16.7 Å². The molecule has 0 amide bonds. The first kappa shape index (κ1) is 10.9. The first-order chi connectivity index (χ1) is 7.75. The number of benzene rings is 1. The number of aromatic nitrogens is 2. The van der Waals surface area contributed by atoms with E-state index in [4.69, 9.17) is 0 Å². The maximum atomic E-state index is 4.23. The van der Waals surface area contributed by atoms with Gasteiger partial charge < -0.3 is 4.98 Å². The van der Waals surface area contributed by atoms with Gasteiger partial charge in [-0.05, 0) is 37.8 Å². The van der Waals surface area contributed by atoms with Gasteiger partial charge in [0.1, 0.15) is 5.82 Å². The quantitative estimate of drug-likeness (QED) is 0.831. The summed E-state index contributed by atoms with van der Waals surface area (Å²) in [6, 6.07) is 6.67. The van der Waals surface area contributed by atoms with Crippen molar-refractivity contribution in [1.82, 2.24) is 9.97 Å². The lowest BCUT2D eigenvalue weighted by molar-refractivity contribution is 0.779. The number of nitrogens with zero attached hydrogens (tertiary/aromatic N) is 1. The molecule has 1 heterocycles. The molecule has 0 saturated carbocycles. The van der Waals surface area contributed by atoms with Crippen molar-refractivity contribution in [1.29, 1.82) is 0 Å². The van der Waals surface area contributed by atoms with Gasteiger partial charge in [-0.2, -0.15) is 0 Å². The fourth-order valence-electron chi connectivity index (χ4n) is 1.95. The minimum atomic E-state index is 1.03. The average molecular weight is 214 g/mol. The molecule has 2 heteroatoms. The van der Waals surface area contributed by atoms with Crippen LogP contribution < -0.4 is 0 Å². The van der Waals surface area contributed by atoms with Gasteiger partial charge in [-0.25, -0.2) is 4.98 Å². The van der Waals surface area contributed by atoms with Crippen LogP contribution in [-0.4, -0.2) is 9.97 Å². The fourth-order valence-corrected chi connectivity index (χ4v) is 1.95. The lowest BCUT2D eigenvalue weighted by atomic mass is 10.0. The third kappa shape index (κ3) is 2.72. The van der Waals surface area contributed by atoms with Crippen molar-refractivity contribution in [2.75, 3.05) is 0 Å². The summed E-state index contributed by atoms with van der Waals surface area (Å²) >= 11 is 0. The van der Waals surface area contributed by atoms with Crippen molar-refractivity contribution in [3.63, 3.8) is 0 Å². The number of hydrogen-bond donors (Lipinski definition) is 1. The Morgan fingerprint density at radius 3 is 2.81 bits per heavy atom. The second-order valence-electron chi connectivity index (χ2n) is 4.32. The Labute approximate surface area is 96.7 Å². The highest BCUT2D eigenvalue weighted by molar-refractivity contribution is 5.30. The Morgan fingerprint density at radius 1 is 1.19 bits per heavy atom. The molecule has 2 rings (SSSR count). The van der Waals surface area contributed by atoms with Crippen LogP contribution in [0.5, 0.6) is 0 Å². The van der Waals surface area contributed by atoms with Gasteiger partial charge in [0, 0.05) is 18.8 Å². The highest BCUT2D eigenvalue weighted by atomic mass is 14.9. The fraction of sp³-hybridized carbons (Fsp3) is 0.357. The van der Waals surface area contributed by atoms with Crippen LogP contribution in [0, 0.1) is 13.8 Å². The summed E-state index contributed by atoms with van der Waals surface area (Å²) in [7, 11) is 0. The second kappa shape index (κ2) is 4.97. The molecule has 1 aromatic heterocycles. The average Bonchev–Trinajstić information content (AvgIpc) is 2.76. The van der Waals surface area contributed by atoms with Crippen molar-refractivity contribution in [2.24, 2.45) is 0 Å². The van der Waals surface area contributed by atoms with Gasteiger partial charge in [0.25, 0.3) is 0 Å². The molecule has 84 valence electrons. The molecule has 0 bridgehead atoms. The Balaban J connectivity index is 1.92. The molecule has 1 N–H and O–H groups in total. The molecule has 0 atom stereocenters. The Hall–Kier alpha value is -1.57. The SMILES string of the molecule is Cc1ccc(C)c(CCCc2ncc[nH]2)c1. The van der Waals surface area contributed by atoms with E-state index in [9.17, 15) is 0 Å². The highest BCUT2D eigenvalue weighted by Crippen LogP contribution is 2.13. The lowest BCUT2D eigenvalue weighted by Crippen LogP contribution is -1.94. The summed E-state index contributed by atoms with van der Waals surface area (Å²) in [6.07, 6.45) is 7.01. The number of aromatic amines is 1. The van der Waals surface area contributed by atoms with Gasteiger partial charge in [0.05, 0.1) is 0 Å². The molecule has 0 fully saturated rings. The third-order valence-electron chi connectivity index (χ3n) is 2.92.